The fourth-order valence-electron chi connectivity index (χ4n) is 6.41. The topological polar surface area (TPSA) is 35.5 Å². The van der Waals surface area contributed by atoms with E-state index in [0.29, 0.717) is 18.5 Å². The highest BCUT2D eigenvalue weighted by Crippen LogP contribution is 2.57. The van der Waals surface area contributed by atoms with E-state index in [4.69, 9.17) is 9.47 Å². The second-order valence-corrected chi connectivity index (χ2v) is 17.7. The maximum atomic E-state index is 13.2. The largest absolute Gasteiger partial charge is 0.356 e. The molecule has 2 saturated carbocycles. The quantitative estimate of drug-likeness (QED) is 0.210. The van der Waals surface area contributed by atoms with Gasteiger partial charge in [0.05, 0.1) is 6.10 Å². The van der Waals surface area contributed by atoms with Crippen molar-refractivity contribution in [1.82, 2.24) is 0 Å². The van der Waals surface area contributed by atoms with Gasteiger partial charge in [-0.15, -0.1) is 0 Å². The average molecular weight is 421 g/mol. The maximum Gasteiger partial charge on any atom is 0.147 e. The van der Waals surface area contributed by atoms with Crippen molar-refractivity contribution >= 4 is 13.9 Å². The zero-order valence-electron chi connectivity index (χ0n) is 20.0. The van der Waals surface area contributed by atoms with Crippen molar-refractivity contribution in [1.29, 1.82) is 0 Å². The smallest absolute Gasteiger partial charge is 0.147 e. The summed E-state index contributed by atoms with van der Waals surface area (Å²) in [6, 6.07) is 1.15. The van der Waals surface area contributed by atoms with E-state index in [-0.39, 0.29) is 22.9 Å². The summed E-state index contributed by atoms with van der Waals surface area (Å²) in [6.07, 6.45) is 7.44. The highest BCUT2D eigenvalue weighted by Gasteiger charge is 2.54. The summed E-state index contributed by atoms with van der Waals surface area (Å²) in [4.78, 5) is 13.2. The molecule has 0 aromatic carbocycles. The number of ether oxygens (including phenoxy) is 2. The molecule has 2 fully saturated rings. The first-order valence-corrected chi connectivity index (χ1v) is 15.6. The van der Waals surface area contributed by atoms with Gasteiger partial charge in [-0.3, -0.25) is 4.79 Å². The van der Waals surface area contributed by atoms with Gasteiger partial charge in [-0.05, 0) is 68.2 Å². The predicted molar refractivity (Wildman–Crippen MR) is 123 cm³/mol. The van der Waals surface area contributed by atoms with Crippen LogP contribution >= 0.6 is 0 Å². The summed E-state index contributed by atoms with van der Waals surface area (Å²) in [5.41, 5.74) is 3.39. The molecule has 0 unspecified atom stereocenters. The maximum absolute atomic E-state index is 13.2. The van der Waals surface area contributed by atoms with E-state index < -0.39 is 8.07 Å². The third-order valence-electron chi connectivity index (χ3n) is 8.33. The summed E-state index contributed by atoms with van der Waals surface area (Å²) in [7, 11) is -1.10. The SMILES string of the molecule is CC1=C2CC[C@]3(C)CCCC(=O)[C@H]3[C@H](OCOCC[Si](C)(C)C)[C@H](CC1)C2(C)C. The number of hydrogen-bond donors (Lipinski definition) is 0. The summed E-state index contributed by atoms with van der Waals surface area (Å²) in [5, 5.41) is 0. The van der Waals surface area contributed by atoms with Crippen LogP contribution in [0.1, 0.15) is 72.6 Å². The minimum Gasteiger partial charge on any atom is -0.356 e. The molecule has 4 atom stereocenters. The Hall–Kier alpha value is -0.453. The Bertz CT molecular complexity index is 645. The first-order valence-electron chi connectivity index (χ1n) is 11.9. The molecule has 0 amide bonds. The Balaban J connectivity index is 1.85. The van der Waals surface area contributed by atoms with Gasteiger partial charge in [0, 0.05) is 27.0 Å². The van der Waals surface area contributed by atoms with Crippen molar-refractivity contribution in [2.45, 2.75) is 104 Å². The molecule has 3 aliphatic carbocycles. The highest BCUT2D eigenvalue weighted by atomic mass is 28.3. The highest BCUT2D eigenvalue weighted by molar-refractivity contribution is 6.76. The Morgan fingerprint density at radius 3 is 2.48 bits per heavy atom. The third kappa shape index (κ3) is 4.90. The monoisotopic (exact) mass is 420 g/mol. The lowest BCUT2D eigenvalue weighted by molar-refractivity contribution is -0.175. The first kappa shape index (κ1) is 23.2. The van der Waals surface area contributed by atoms with E-state index >= 15 is 0 Å². The van der Waals surface area contributed by atoms with Crippen LogP contribution in [-0.2, 0) is 14.3 Å². The molecule has 3 aliphatic rings. The number of allylic oxidation sites excluding steroid dienone is 2. The Kier molecular flexibility index (Phi) is 6.87. The first-order chi connectivity index (χ1) is 13.5. The second-order valence-electron chi connectivity index (χ2n) is 12.0. The Labute approximate surface area is 180 Å². The van der Waals surface area contributed by atoms with Crippen molar-refractivity contribution in [3.63, 3.8) is 0 Å². The van der Waals surface area contributed by atoms with Gasteiger partial charge in [0.15, 0.2) is 0 Å². The number of carbonyl (C=O) groups is 1. The molecular weight excluding hydrogens is 376 g/mol. The molecule has 166 valence electrons. The molecule has 0 radical (unpaired) electrons. The van der Waals surface area contributed by atoms with E-state index in [9.17, 15) is 4.79 Å². The van der Waals surface area contributed by atoms with Crippen LogP contribution in [0.4, 0.5) is 0 Å². The standard InChI is InChI=1S/C25H44O3Si/c1-18-10-11-20-23(28-17-27-15-16-29(5,6)7)22-21(26)9-8-13-25(22,4)14-12-19(18)24(20,2)3/h20,22-23H,8-17H2,1-7H3/t20-,22-,23+,25-/m0/s1. The van der Waals surface area contributed by atoms with Crippen molar-refractivity contribution in [2.75, 3.05) is 13.4 Å². The summed E-state index contributed by atoms with van der Waals surface area (Å²) in [6.45, 7) is 17.7. The molecular formula is C25H44O3Si. The molecule has 0 aliphatic heterocycles. The molecule has 3 nitrogen and oxygen atoms in total. The fraction of sp³-hybridized carbons (Fsp3) is 0.880. The molecule has 0 aromatic heterocycles. The normalized spacial score (nSPS) is 35.1. The molecule has 0 saturated heterocycles. The Morgan fingerprint density at radius 1 is 1.07 bits per heavy atom. The molecule has 0 heterocycles. The lowest BCUT2D eigenvalue weighted by Crippen LogP contribution is -2.54. The summed E-state index contributed by atoms with van der Waals surface area (Å²) in [5.74, 6) is 0.867. The van der Waals surface area contributed by atoms with Crippen molar-refractivity contribution in [3.8, 4) is 0 Å². The molecule has 3 rings (SSSR count). The van der Waals surface area contributed by atoms with E-state index in [1.54, 1.807) is 11.1 Å². The average Bonchev–Trinajstić information content (AvgIpc) is 2.58. The van der Waals surface area contributed by atoms with Crippen LogP contribution in [-0.4, -0.2) is 33.4 Å². The molecule has 0 spiro atoms. The molecule has 4 heteroatoms. The van der Waals surface area contributed by atoms with Crippen molar-refractivity contribution in [2.24, 2.45) is 22.7 Å². The van der Waals surface area contributed by atoms with Crippen LogP contribution in [0.3, 0.4) is 0 Å². The van der Waals surface area contributed by atoms with Crippen LogP contribution in [0.15, 0.2) is 11.1 Å². The zero-order chi connectivity index (χ0) is 21.4. The van der Waals surface area contributed by atoms with Crippen LogP contribution in [0.5, 0.6) is 0 Å². The van der Waals surface area contributed by atoms with Crippen LogP contribution in [0.25, 0.3) is 0 Å². The lowest BCUT2D eigenvalue weighted by Gasteiger charge is -2.54. The second kappa shape index (κ2) is 8.59. The number of ketones is 1. The third-order valence-corrected chi connectivity index (χ3v) is 10.0. The minimum atomic E-state index is -1.10. The van der Waals surface area contributed by atoms with Gasteiger partial charge in [0.2, 0.25) is 0 Å². The molecule has 0 aromatic rings. The summed E-state index contributed by atoms with van der Waals surface area (Å²) >= 11 is 0. The molecule has 29 heavy (non-hydrogen) atoms. The number of hydrogen-bond acceptors (Lipinski definition) is 3. The van der Waals surface area contributed by atoms with Gasteiger partial charge in [-0.2, -0.15) is 0 Å². The van der Waals surface area contributed by atoms with Crippen LogP contribution in [0.2, 0.25) is 25.7 Å². The number of fused-ring (bicyclic) bond motifs is 3. The fourth-order valence-corrected chi connectivity index (χ4v) is 7.17. The minimum absolute atomic E-state index is 0.0157. The number of carbonyl (C=O) groups excluding carboxylic acids is 1. The lowest BCUT2D eigenvalue weighted by atomic mass is 9.52. The van der Waals surface area contributed by atoms with Gasteiger partial charge >= 0.3 is 0 Å². The zero-order valence-corrected chi connectivity index (χ0v) is 21.0. The number of Topliss-reactive ketones (excluding diaryl/α,β-unsaturated/α-hetero) is 1. The van der Waals surface area contributed by atoms with Crippen molar-refractivity contribution < 1.29 is 14.3 Å². The van der Waals surface area contributed by atoms with Gasteiger partial charge < -0.3 is 9.47 Å². The van der Waals surface area contributed by atoms with Gasteiger partial charge in [0.1, 0.15) is 12.6 Å². The summed E-state index contributed by atoms with van der Waals surface area (Å²) < 4.78 is 12.5. The molecule has 0 N–H and O–H groups in total. The van der Waals surface area contributed by atoms with E-state index in [0.717, 1.165) is 57.6 Å². The van der Waals surface area contributed by atoms with E-state index in [2.05, 4.69) is 47.3 Å². The van der Waals surface area contributed by atoms with E-state index in [1.807, 2.05) is 0 Å². The number of rotatable bonds is 6. The Morgan fingerprint density at radius 2 is 1.79 bits per heavy atom. The van der Waals surface area contributed by atoms with Gasteiger partial charge in [0.25, 0.3) is 0 Å². The van der Waals surface area contributed by atoms with Gasteiger partial charge in [-0.1, -0.05) is 51.6 Å². The van der Waals surface area contributed by atoms with Crippen molar-refractivity contribution in [3.05, 3.63) is 11.1 Å². The predicted octanol–water partition coefficient (Wildman–Crippen LogP) is 6.61. The van der Waals surface area contributed by atoms with Crippen LogP contribution in [0, 0.1) is 22.7 Å². The van der Waals surface area contributed by atoms with E-state index in [1.165, 1.54) is 0 Å². The molecule has 2 bridgehead atoms. The van der Waals surface area contributed by atoms with Crippen LogP contribution < -0.4 is 0 Å². The van der Waals surface area contributed by atoms with Gasteiger partial charge in [-0.25, -0.2) is 0 Å².